The van der Waals surface area contributed by atoms with E-state index in [1.165, 1.54) is 12.1 Å². The molecular formula is C14H21FN2O. The first-order valence-electron chi connectivity index (χ1n) is 6.33. The first-order valence-corrected chi connectivity index (χ1v) is 6.33. The Hall–Kier alpha value is -1.42. The molecule has 3 nitrogen and oxygen atoms in total. The van der Waals surface area contributed by atoms with E-state index >= 15 is 0 Å². The number of likely N-dealkylation sites (N-methyl/N-ethyl adjacent to an activating group) is 1. The van der Waals surface area contributed by atoms with Gasteiger partial charge in [-0.05, 0) is 37.1 Å². The summed E-state index contributed by atoms with van der Waals surface area (Å²) < 4.78 is 12.9. The predicted molar refractivity (Wildman–Crippen MR) is 71.9 cm³/mol. The van der Waals surface area contributed by atoms with Gasteiger partial charge in [0.05, 0.1) is 6.04 Å². The van der Waals surface area contributed by atoms with E-state index in [-0.39, 0.29) is 17.6 Å². The lowest BCUT2D eigenvalue weighted by molar-refractivity contribution is -0.120. The van der Waals surface area contributed by atoms with Gasteiger partial charge in [-0.25, -0.2) is 4.39 Å². The van der Waals surface area contributed by atoms with Crippen LogP contribution in [0.1, 0.15) is 27.2 Å². The SMILES string of the molecule is CCC(C)[C@H](N)C(=O)N(CC)c1ccc(F)cc1. The summed E-state index contributed by atoms with van der Waals surface area (Å²) in [6, 6.07) is 5.38. The molecule has 0 saturated heterocycles. The number of hydrogen-bond acceptors (Lipinski definition) is 2. The van der Waals surface area contributed by atoms with Crippen molar-refractivity contribution in [1.82, 2.24) is 0 Å². The first kappa shape index (κ1) is 14.6. The van der Waals surface area contributed by atoms with Gasteiger partial charge in [0.1, 0.15) is 5.82 Å². The van der Waals surface area contributed by atoms with Crippen molar-refractivity contribution < 1.29 is 9.18 Å². The third-order valence-corrected chi connectivity index (χ3v) is 3.26. The molecule has 0 spiro atoms. The number of anilines is 1. The van der Waals surface area contributed by atoms with Crippen LogP contribution in [0.3, 0.4) is 0 Å². The molecule has 0 fully saturated rings. The lowest BCUT2D eigenvalue weighted by Gasteiger charge is -2.27. The Morgan fingerprint density at radius 3 is 2.33 bits per heavy atom. The Morgan fingerprint density at radius 2 is 1.89 bits per heavy atom. The second-order valence-electron chi connectivity index (χ2n) is 4.47. The van der Waals surface area contributed by atoms with Gasteiger partial charge in [-0.1, -0.05) is 20.3 Å². The average Bonchev–Trinajstić information content (AvgIpc) is 2.39. The Morgan fingerprint density at radius 1 is 1.33 bits per heavy atom. The smallest absolute Gasteiger partial charge is 0.244 e. The standard InChI is InChI=1S/C14H21FN2O/c1-4-10(3)13(16)14(18)17(5-2)12-8-6-11(15)7-9-12/h6-10,13H,4-5,16H2,1-3H3/t10?,13-/m0/s1. The van der Waals surface area contributed by atoms with Gasteiger partial charge < -0.3 is 10.6 Å². The number of nitrogens with two attached hydrogens (primary N) is 1. The number of nitrogens with zero attached hydrogens (tertiary/aromatic N) is 1. The molecule has 0 aliphatic heterocycles. The zero-order chi connectivity index (χ0) is 13.7. The molecule has 1 unspecified atom stereocenters. The molecule has 0 radical (unpaired) electrons. The summed E-state index contributed by atoms with van der Waals surface area (Å²) in [7, 11) is 0. The monoisotopic (exact) mass is 252 g/mol. The highest BCUT2D eigenvalue weighted by Crippen LogP contribution is 2.17. The van der Waals surface area contributed by atoms with Crippen molar-refractivity contribution in [3.8, 4) is 0 Å². The Bertz CT molecular complexity index is 391. The Kier molecular flexibility index (Phi) is 5.28. The molecule has 0 bridgehead atoms. The maximum atomic E-state index is 12.9. The molecule has 18 heavy (non-hydrogen) atoms. The second kappa shape index (κ2) is 6.50. The number of carbonyl (C=O) groups is 1. The van der Waals surface area contributed by atoms with E-state index in [4.69, 9.17) is 5.73 Å². The largest absolute Gasteiger partial charge is 0.320 e. The molecule has 1 rings (SSSR count). The van der Waals surface area contributed by atoms with Crippen molar-refractivity contribution >= 4 is 11.6 Å². The zero-order valence-electron chi connectivity index (χ0n) is 11.2. The summed E-state index contributed by atoms with van der Waals surface area (Å²) in [6.07, 6.45) is 0.855. The number of benzene rings is 1. The van der Waals surface area contributed by atoms with Crippen LogP contribution in [0.25, 0.3) is 0 Å². The quantitative estimate of drug-likeness (QED) is 0.875. The Labute approximate surface area is 108 Å². The molecule has 0 aliphatic rings. The van der Waals surface area contributed by atoms with Crippen LogP contribution in [0.15, 0.2) is 24.3 Å². The van der Waals surface area contributed by atoms with Crippen LogP contribution < -0.4 is 10.6 Å². The first-order chi connectivity index (χ1) is 8.51. The molecule has 0 aliphatic carbocycles. The zero-order valence-corrected chi connectivity index (χ0v) is 11.2. The highest BCUT2D eigenvalue weighted by atomic mass is 19.1. The van der Waals surface area contributed by atoms with Gasteiger partial charge in [-0.15, -0.1) is 0 Å². The van der Waals surface area contributed by atoms with E-state index < -0.39 is 6.04 Å². The number of halogens is 1. The normalized spacial score (nSPS) is 14.1. The van der Waals surface area contributed by atoms with E-state index in [1.54, 1.807) is 17.0 Å². The lowest BCUT2D eigenvalue weighted by Crippen LogP contribution is -2.47. The van der Waals surface area contributed by atoms with Crippen LogP contribution in [-0.4, -0.2) is 18.5 Å². The summed E-state index contributed by atoms with van der Waals surface area (Å²) in [5.41, 5.74) is 6.63. The third-order valence-electron chi connectivity index (χ3n) is 3.26. The van der Waals surface area contributed by atoms with Gasteiger partial charge in [0.25, 0.3) is 0 Å². The maximum absolute atomic E-state index is 12.9. The second-order valence-corrected chi connectivity index (χ2v) is 4.47. The van der Waals surface area contributed by atoms with Crippen LogP contribution >= 0.6 is 0 Å². The molecule has 0 saturated carbocycles. The van der Waals surface area contributed by atoms with Gasteiger partial charge >= 0.3 is 0 Å². The van der Waals surface area contributed by atoms with Crippen LogP contribution in [0.4, 0.5) is 10.1 Å². The summed E-state index contributed by atoms with van der Waals surface area (Å²) in [4.78, 5) is 13.9. The molecule has 1 aromatic rings. The van der Waals surface area contributed by atoms with Crippen molar-refractivity contribution in [2.75, 3.05) is 11.4 Å². The fourth-order valence-electron chi connectivity index (χ4n) is 1.76. The molecule has 2 N–H and O–H groups in total. The molecule has 2 atom stereocenters. The number of amides is 1. The fourth-order valence-corrected chi connectivity index (χ4v) is 1.76. The third kappa shape index (κ3) is 3.29. The minimum Gasteiger partial charge on any atom is -0.320 e. The molecule has 100 valence electrons. The molecule has 0 heterocycles. The topological polar surface area (TPSA) is 46.3 Å². The summed E-state index contributed by atoms with van der Waals surface area (Å²) in [5.74, 6) is -0.293. The molecule has 4 heteroatoms. The summed E-state index contributed by atoms with van der Waals surface area (Å²) >= 11 is 0. The van der Waals surface area contributed by atoms with Crippen molar-refractivity contribution in [2.24, 2.45) is 11.7 Å². The lowest BCUT2D eigenvalue weighted by atomic mass is 9.98. The van der Waals surface area contributed by atoms with Crippen LogP contribution in [-0.2, 0) is 4.79 Å². The fraction of sp³-hybridized carbons (Fsp3) is 0.500. The number of rotatable bonds is 5. The van der Waals surface area contributed by atoms with Gasteiger partial charge in [0.15, 0.2) is 0 Å². The van der Waals surface area contributed by atoms with E-state index in [2.05, 4.69) is 0 Å². The average molecular weight is 252 g/mol. The van der Waals surface area contributed by atoms with Gasteiger partial charge in [-0.2, -0.15) is 0 Å². The van der Waals surface area contributed by atoms with E-state index in [0.717, 1.165) is 6.42 Å². The summed E-state index contributed by atoms with van der Waals surface area (Å²) in [5, 5.41) is 0. The van der Waals surface area contributed by atoms with Crippen LogP contribution in [0.5, 0.6) is 0 Å². The maximum Gasteiger partial charge on any atom is 0.244 e. The summed E-state index contributed by atoms with van der Waals surface area (Å²) in [6.45, 7) is 6.37. The highest BCUT2D eigenvalue weighted by molar-refractivity contribution is 5.97. The molecular weight excluding hydrogens is 231 g/mol. The van der Waals surface area contributed by atoms with E-state index in [0.29, 0.717) is 12.2 Å². The van der Waals surface area contributed by atoms with Crippen molar-refractivity contribution in [2.45, 2.75) is 33.2 Å². The molecule has 0 aromatic heterocycles. The van der Waals surface area contributed by atoms with Gasteiger partial charge in [0, 0.05) is 12.2 Å². The van der Waals surface area contributed by atoms with Crippen molar-refractivity contribution in [1.29, 1.82) is 0 Å². The number of hydrogen-bond donors (Lipinski definition) is 1. The van der Waals surface area contributed by atoms with Crippen molar-refractivity contribution in [3.05, 3.63) is 30.1 Å². The van der Waals surface area contributed by atoms with Gasteiger partial charge in [-0.3, -0.25) is 4.79 Å². The molecule has 1 aromatic carbocycles. The Balaban J connectivity index is 2.89. The van der Waals surface area contributed by atoms with Gasteiger partial charge in [0.2, 0.25) is 5.91 Å². The van der Waals surface area contributed by atoms with E-state index in [9.17, 15) is 9.18 Å². The predicted octanol–water partition coefficient (Wildman–Crippen LogP) is 2.55. The highest BCUT2D eigenvalue weighted by Gasteiger charge is 2.24. The minimum atomic E-state index is -0.514. The van der Waals surface area contributed by atoms with Crippen molar-refractivity contribution in [3.63, 3.8) is 0 Å². The number of carbonyl (C=O) groups excluding carboxylic acids is 1. The van der Waals surface area contributed by atoms with E-state index in [1.807, 2.05) is 20.8 Å². The van der Waals surface area contributed by atoms with Crippen LogP contribution in [0.2, 0.25) is 0 Å². The van der Waals surface area contributed by atoms with Crippen LogP contribution in [0, 0.1) is 11.7 Å². The molecule has 1 amide bonds. The minimum absolute atomic E-state index is 0.113.